The predicted octanol–water partition coefficient (Wildman–Crippen LogP) is 1.60. The molecule has 2 rings (SSSR count). The third kappa shape index (κ3) is 4.75. The molecule has 0 saturated heterocycles. The first-order chi connectivity index (χ1) is 10.3. The zero-order chi connectivity index (χ0) is 16.3. The second kappa shape index (κ2) is 6.72. The van der Waals surface area contributed by atoms with E-state index in [1.165, 1.54) is 12.1 Å². The first-order valence-electron chi connectivity index (χ1n) is 7.02. The lowest BCUT2D eigenvalue weighted by Crippen LogP contribution is -2.35. The Bertz CT molecular complexity index is 665. The number of carbonyl (C=O) groups excluding carboxylic acids is 1. The van der Waals surface area contributed by atoms with E-state index in [0.717, 1.165) is 12.8 Å². The molecule has 6 nitrogen and oxygen atoms in total. The smallest absolute Gasteiger partial charge is 0.240 e. The molecule has 22 heavy (non-hydrogen) atoms. The van der Waals surface area contributed by atoms with Crippen LogP contribution in [0.5, 0.6) is 0 Å². The van der Waals surface area contributed by atoms with Crippen LogP contribution in [0.4, 0.5) is 5.69 Å². The highest BCUT2D eigenvalue weighted by atomic mass is 32.2. The van der Waals surface area contributed by atoms with E-state index in [2.05, 4.69) is 15.4 Å². The first-order valence-corrected chi connectivity index (χ1v) is 8.91. The van der Waals surface area contributed by atoms with E-state index in [-0.39, 0.29) is 27.9 Å². The van der Waals surface area contributed by atoms with Crippen LogP contribution in [0.2, 0.25) is 0 Å². The van der Waals surface area contributed by atoms with Gasteiger partial charge in [-0.2, -0.15) is 0 Å². The normalized spacial score (nSPS) is 14.7. The number of benzene rings is 1. The Balaban J connectivity index is 1.96. The van der Waals surface area contributed by atoms with E-state index < -0.39 is 10.0 Å². The van der Waals surface area contributed by atoms with Gasteiger partial charge in [0, 0.05) is 17.6 Å². The van der Waals surface area contributed by atoms with E-state index in [1.54, 1.807) is 26.0 Å². The molecule has 1 aromatic carbocycles. The third-order valence-electron chi connectivity index (χ3n) is 3.00. The molecule has 0 unspecified atom stereocenters. The van der Waals surface area contributed by atoms with Crippen LogP contribution in [-0.2, 0) is 14.8 Å². The van der Waals surface area contributed by atoms with E-state index >= 15 is 0 Å². The molecule has 1 amide bonds. The molecule has 3 N–H and O–H groups in total. The van der Waals surface area contributed by atoms with Crippen molar-refractivity contribution in [2.75, 3.05) is 5.32 Å². The second-order valence-corrected chi connectivity index (χ2v) is 7.64. The number of hydrogen-bond donors (Lipinski definition) is 3. The van der Waals surface area contributed by atoms with Gasteiger partial charge < -0.3 is 10.6 Å². The van der Waals surface area contributed by atoms with Gasteiger partial charge in [0.1, 0.15) is 0 Å². The molecule has 0 atom stereocenters. The topological polar surface area (TPSA) is 87.3 Å². The molecule has 1 aliphatic carbocycles. The van der Waals surface area contributed by atoms with Crippen LogP contribution in [0.3, 0.4) is 0 Å². The summed E-state index contributed by atoms with van der Waals surface area (Å²) in [7, 11) is -3.51. The SMILES string of the molecule is CC(C)NS(=O)(=O)c1ccc(NC(=S)NC(=O)C2CC2)cc1. The minimum Gasteiger partial charge on any atom is -0.332 e. The van der Waals surface area contributed by atoms with Crippen LogP contribution in [-0.4, -0.2) is 25.5 Å². The predicted molar refractivity (Wildman–Crippen MR) is 89.0 cm³/mol. The van der Waals surface area contributed by atoms with Crippen LogP contribution < -0.4 is 15.4 Å². The highest BCUT2D eigenvalue weighted by molar-refractivity contribution is 7.89. The van der Waals surface area contributed by atoms with Gasteiger partial charge in [0.2, 0.25) is 15.9 Å². The number of anilines is 1. The van der Waals surface area contributed by atoms with Crippen molar-refractivity contribution in [3.05, 3.63) is 24.3 Å². The number of hydrogen-bond acceptors (Lipinski definition) is 4. The van der Waals surface area contributed by atoms with Crippen molar-refractivity contribution in [3.8, 4) is 0 Å². The molecule has 0 heterocycles. The van der Waals surface area contributed by atoms with Gasteiger partial charge in [0.25, 0.3) is 0 Å². The number of rotatable bonds is 5. The number of sulfonamides is 1. The monoisotopic (exact) mass is 341 g/mol. The van der Waals surface area contributed by atoms with Gasteiger partial charge in [-0.1, -0.05) is 0 Å². The van der Waals surface area contributed by atoms with E-state index in [9.17, 15) is 13.2 Å². The molecule has 1 fully saturated rings. The molecule has 1 aliphatic rings. The fraction of sp³-hybridized carbons (Fsp3) is 0.429. The summed E-state index contributed by atoms with van der Waals surface area (Å²) in [6.07, 6.45) is 1.81. The van der Waals surface area contributed by atoms with Crippen LogP contribution in [0.25, 0.3) is 0 Å². The zero-order valence-corrected chi connectivity index (χ0v) is 14.1. The average molecular weight is 341 g/mol. The maximum atomic E-state index is 12.0. The number of thiocarbonyl (C=S) groups is 1. The van der Waals surface area contributed by atoms with Crippen LogP contribution >= 0.6 is 12.2 Å². The minimum atomic E-state index is -3.51. The maximum Gasteiger partial charge on any atom is 0.240 e. The largest absolute Gasteiger partial charge is 0.332 e. The average Bonchev–Trinajstić information content (AvgIpc) is 3.21. The summed E-state index contributed by atoms with van der Waals surface area (Å²) in [6, 6.07) is 6.00. The van der Waals surface area contributed by atoms with Crippen molar-refractivity contribution < 1.29 is 13.2 Å². The van der Waals surface area contributed by atoms with Gasteiger partial charge in [0.05, 0.1) is 4.90 Å². The summed E-state index contributed by atoms with van der Waals surface area (Å²) in [6.45, 7) is 3.52. The van der Waals surface area contributed by atoms with Crippen molar-refractivity contribution in [2.24, 2.45) is 5.92 Å². The molecular formula is C14H19N3O3S2. The molecule has 0 aromatic heterocycles. The van der Waals surface area contributed by atoms with Crippen LogP contribution in [0.1, 0.15) is 26.7 Å². The Kier molecular flexibility index (Phi) is 5.15. The van der Waals surface area contributed by atoms with Gasteiger partial charge in [-0.05, 0) is 63.2 Å². The highest BCUT2D eigenvalue weighted by Gasteiger charge is 2.30. The first kappa shape index (κ1) is 16.9. The lowest BCUT2D eigenvalue weighted by atomic mass is 10.3. The molecule has 0 spiro atoms. The van der Waals surface area contributed by atoms with Gasteiger partial charge in [-0.15, -0.1) is 0 Å². The van der Waals surface area contributed by atoms with Gasteiger partial charge in [0.15, 0.2) is 5.11 Å². The van der Waals surface area contributed by atoms with E-state index in [1.807, 2.05) is 0 Å². The highest BCUT2D eigenvalue weighted by Crippen LogP contribution is 2.28. The Morgan fingerprint density at radius 1 is 1.23 bits per heavy atom. The van der Waals surface area contributed by atoms with Crippen molar-refractivity contribution in [1.82, 2.24) is 10.0 Å². The van der Waals surface area contributed by atoms with Crippen LogP contribution in [0, 0.1) is 5.92 Å². The molecule has 0 aliphatic heterocycles. The zero-order valence-electron chi connectivity index (χ0n) is 12.4. The Morgan fingerprint density at radius 3 is 2.32 bits per heavy atom. The van der Waals surface area contributed by atoms with Gasteiger partial charge in [-0.25, -0.2) is 13.1 Å². The Morgan fingerprint density at radius 2 is 1.82 bits per heavy atom. The summed E-state index contributed by atoms with van der Waals surface area (Å²) < 4.78 is 26.5. The fourth-order valence-electron chi connectivity index (χ4n) is 1.82. The van der Waals surface area contributed by atoms with Crippen LogP contribution in [0.15, 0.2) is 29.2 Å². The van der Waals surface area contributed by atoms with Gasteiger partial charge >= 0.3 is 0 Å². The number of nitrogens with one attached hydrogen (secondary N) is 3. The second-order valence-electron chi connectivity index (χ2n) is 5.52. The third-order valence-corrected chi connectivity index (χ3v) is 4.88. The van der Waals surface area contributed by atoms with E-state index in [0.29, 0.717) is 5.69 Å². The standard InChI is InChI=1S/C14H19N3O3S2/c1-9(2)17-22(19,20)12-7-5-11(6-8-12)15-14(21)16-13(18)10-3-4-10/h5-10,17H,3-4H2,1-2H3,(H2,15,16,18,21). The summed E-state index contributed by atoms with van der Waals surface area (Å²) in [5, 5.41) is 5.69. The molecule has 8 heteroatoms. The summed E-state index contributed by atoms with van der Waals surface area (Å²) in [4.78, 5) is 11.7. The number of amides is 1. The summed E-state index contributed by atoms with van der Waals surface area (Å²) in [5.41, 5.74) is 0.615. The minimum absolute atomic E-state index is 0.0715. The van der Waals surface area contributed by atoms with Gasteiger partial charge in [-0.3, -0.25) is 4.79 Å². The molecule has 120 valence electrons. The van der Waals surface area contributed by atoms with Crippen molar-refractivity contribution in [1.29, 1.82) is 0 Å². The number of carbonyl (C=O) groups is 1. The lowest BCUT2D eigenvalue weighted by Gasteiger charge is -2.11. The Labute approximate surface area is 135 Å². The van der Waals surface area contributed by atoms with Crippen molar-refractivity contribution in [3.63, 3.8) is 0 Å². The molecule has 0 radical (unpaired) electrons. The quantitative estimate of drug-likeness (QED) is 0.708. The molecule has 0 bridgehead atoms. The molecule has 1 aromatic rings. The van der Waals surface area contributed by atoms with Crippen molar-refractivity contribution in [2.45, 2.75) is 37.6 Å². The van der Waals surface area contributed by atoms with Crippen molar-refractivity contribution >= 4 is 38.9 Å². The summed E-state index contributed by atoms with van der Waals surface area (Å²) >= 11 is 5.05. The fourth-order valence-corrected chi connectivity index (χ4v) is 3.29. The summed E-state index contributed by atoms with van der Waals surface area (Å²) in [5.74, 6) is 0.00667. The Hall–Kier alpha value is -1.51. The lowest BCUT2D eigenvalue weighted by molar-refractivity contribution is -0.120. The maximum absolute atomic E-state index is 12.0. The van der Waals surface area contributed by atoms with E-state index in [4.69, 9.17) is 12.2 Å². The molecular weight excluding hydrogens is 322 g/mol. The molecule has 1 saturated carbocycles.